The van der Waals surface area contributed by atoms with Gasteiger partial charge in [-0.2, -0.15) is 5.10 Å². The van der Waals surface area contributed by atoms with Crippen LogP contribution in [-0.4, -0.2) is 34.2 Å². The third-order valence-electron chi connectivity index (χ3n) is 5.51. The molecule has 1 amide bonds. The quantitative estimate of drug-likeness (QED) is 0.656. The average molecular weight is 389 g/mol. The molecule has 0 bridgehead atoms. The molecule has 2 heterocycles. The van der Waals surface area contributed by atoms with Crippen LogP contribution in [-0.2, 0) is 24.3 Å². The van der Waals surface area contributed by atoms with E-state index in [-0.39, 0.29) is 5.91 Å². The molecule has 5 nitrogen and oxygen atoms in total. The lowest BCUT2D eigenvalue weighted by atomic mass is 10.1. The summed E-state index contributed by atoms with van der Waals surface area (Å²) in [7, 11) is 1.67. The van der Waals surface area contributed by atoms with Gasteiger partial charge in [-0.15, -0.1) is 0 Å². The summed E-state index contributed by atoms with van der Waals surface area (Å²) >= 11 is 0. The number of carbonyl (C=O) groups excluding carboxylic acids is 1. The number of rotatable bonds is 5. The highest BCUT2D eigenvalue weighted by Gasteiger charge is 2.21. The lowest BCUT2D eigenvalue weighted by Crippen LogP contribution is -2.30. The molecule has 0 aliphatic carbocycles. The predicted molar refractivity (Wildman–Crippen MR) is 114 cm³/mol. The molecular weight excluding hydrogens is 362 g/mol. The van der Waals surface area contributed by atoms with Gasteiger partial charge in [-0.1, -0.05) is 48.0 Å². The number of carbonyl (C=O) groups is 1. The number of hydrogen-bond donors (Lipinski definition) is 0. The zero-order chi connectivity index (χ0) is 20.2. The second-order valence-corrected chi connectivity index (χ2v) is 7.59. The molecule has 1 aliphatic heterocycles. The lowest BCUT2D eigenvalue weighted by Gasteiger charge is -2.20. The van der Waals surface area contributed by atoms with Crippen LogP contribution in [0.25, 0.3) is 11.3 Å². The lowest BCUT2D eigenvalue weighted by molar-refractivity contribution is -0.131. The molecule has 4 rings (SSSR count). The van der Waals surface area contributed by atoms with Crippen molar-refractivity contribution in [2.24, 2.45) is 0 Å². The summed E-state index contributed by atoms with van der Waals surface area (Å²) in [5, 5.41) is 4.78. The highest BCUT2D eigenvalue weighted by molar-refractivity contribution is 5.76. The number of fused-ring (bicyclic) bond motifs is 1. The first-order valence-corrected chi connectivity index (χ1v) is 10.2. The van der Waals surface area contributed by atoms with Crippen molar-refractivity contribution in [2.75, 3.05) is 13.7 Å². The molecule has 0 N–H and O–H groups in total. The number of aromatic nitrogens is 2. The summed E-state index contributed by atoms with van der Waals surface area (Å²) in [5.41, 5.74) is 5.50. The van der Waals surface area contributed by atoms with Crippen LogP contribution in [0.4, 0.5) is 0 Å². The van der Waals surface area contributed by atoms with Gasteiger partial charge in [-0.05, 0) is 37.5 Å². The van der Waals surface area contributed by atoms with Crippen molar-refractivity contribution in [1.82, 2.24) is 14.7 Å². The summed E-state index contributed by atoms with van der Waals surface area (Å²) in [5.74, 6) is 1.03. The fourth-order valence-electron chi connectivity index (χ4n) is 3.85. The van der Waals surface area contributed by atoms with E-state index < -0.39 is 0 Å². The first-order valence-electron chi connectivity index (χ1n) is 10.2. The number of methoxy groups -OCH3 is 1. The topological polar surface area (TPSA) is 47.4 Å². The van der Waals surface area contributed by atoms with Gasteiger partial charge < -0.3 is 9.64 Å². The Balaban J connectivity index is 1.45. The minimum Gasteiger partial charge on any atom is -0.496 e. The van der Waals surface area contributed by atoms with Gasteiger partial charge >= 0.3 is 0 Å². The minimum absolute atomic E-state index is 0.183. The van der Waals surface area contributed by atoms with E-state index in [4.69, 9.17) is 9.84 Å². The SMILES string of the molecule is COc1ccccc1CCC(=O)N1CCCn2nc(-c3ccc(C)cc3)cc2C1. The van der Waals surface area contributed by atoms with E-state index in [2.05, 4.69) is 41.9 Å². The van der Waals surface area contributed by atoms with Crippen molar-refractivity contribution in [3.63, 3.8) is 0 Å². The standard InChI is InChI=1S/C24H27N3O2/c1-18-8-10-19(11-9-18)22-16-21-17-26(14-5-15-27(21)25-22)24(28)13-12-20-6-3-4-7-23(20)29-2/h3-4,6-11,16H,5,12-15,17H2,1-2H3. The van der Waals surface area contributed by atoms with E-state index in [1.807, 2.05) is 29.2 Å². The number of hydrogen-bond acceptors (Lipinski definition) is 3. The predicted octanol–water partition coefficient (Wildman–Crippen LogP) is 4.23. The first-order chi connectivity index (χ1) is 14.1. The summed E-state index contributed by atoms with van der Waals surface area (Å²) in [6.45, 7) is 4.32. The summed E-state index contributed by atoms with van der Waals surface area (Å²) < 4.78 is 7.46. The van der Waals surface area contributed by atoms with Gasteiger partial charge in [0.25, 0.3) is 0 Å². The van der Waals surface area contributed by atoms with Gasteiger partial charge in [0, 0.05) is 25.1 Å². The molecule has 1 aliphatic rings. The fraction of sp³-hybridized carbons (Fsp3) is 0.333. The van der Waals surface area contributed by atoms with Crippen molar-refractivity contribution in [2.45, 2.75) is 39.3 Å². The van der Waals surface area contributed by atoms with Crippen LogP contribution in [0.2, 0.25) is 0 Å². The van der Waals surface area contributed by atoms with Crippen molar-refractivity contribution in [3.05, 3.63) is 71.4 Å². The zero-order valence-corrected chi connectivity index (χ0v) is 17.1. The molecule has 0 atom stereocenters. The summed E-state index contributed by atoms with van der Waals surface area (Å²) in [6.07, 6.45) is 2.09. The Morgan fingerprint density at radius 3 is 2.69 bits per heavy atom. The van der Waals surface area contributed by atoms with Crippen molar-refractivity contribution >= 4 is 5.91 Å². The maximum Gasteiger partial charge on any atom is 0.223 e. The van der Waals surface area contributed by atoms with Crippen LogP contribution in [0, 0.1) is 6.92 Å². The molecule has 150 valence electrons. The van der Waals surface area contributed by atoms with Crippen LogP contribution < -0.4 is 4.74 Å². The van der Waals surface area contributed by atoms with Crippen molar-refractivity contribution in [1.29, 1.82) is 0 Å². The van der Waals surface area contributed by atoms with Crippen molar-refractivity contribution < 1.29 is 9.53 Å². The molecule has 0 unspecified atom stereocenters. The van der Waals surface area contributed by atoms with E-state index in [9.17, 15) is 4.79 Å². The zero-order valence-electron chi connectivity index (χ0n) is 17.1. The number of amides is 1. The van der Waals surface area contributed by atoms with Crippen molar-refractivity contribution in [3.8, 4) is 17.0 Å². The van der Waals surface area contributed by atoms with Gasteiger partial charge in [-0.3, -0.25) is 9.48 Å². The molecular formula is C24H27N3O2. The summed E-state index contributed by atoms with van der Waals surface area (Å²) in [4.78, 5) is 14.9. The molecule has 0 saturated carbocycles. The van der Waals surface area contributed by atoms with E-state index in [1.54, 1.807) is 7.11 Å². The first kappa shape index (κ1) is 19.2. The highest BCUT2D eigenvalue weighted by atomic mass is 16.5. The molecule has 0 fully saturated rings. The molecule has 0 spiro atoms. The maximum absolute atomic E-state index is 12.9. The van der Waals surface area contributed by atoms with E-state index in [0.29, 0.717) is 19.4 Å². The van der Waals surface area contributed by atoms with E-state index >= 15 is 0 Å². The number of nitrogens with zero attached hydrogens (tertiary/aromatic N) is 3. The smallest absolute Gasteiger partial charge is 0.223 e. The molecule has 1 aromatic heterocycles. The Bertz CT molecular complexity index is 992. The Labute approximate surface area is 171 Å². The fourth-order valence-corrected chi connectivity index (χ4v) is 3.85. The maximum atomic E-state index is 12.9. The van der Waals surface area contributed by atoms with Crippen LogP contribution in [0.5, 0.6) is 5.75 Å². The number of aryl methyl sites for hydroxylation is 3. The monoisotopic (exact) mass is 389 g/mol. The van der Waals surface area contributed by atoms with E-state index in [1.165, 1.54) is 5.56 Å². The van der Waals surface area contributed by atoms with Gasteiger partial charge in [0.15, 0.2) is 0 Å². The Morgan fingerprint density at radius 2 is 1.90 bits per heavy atom. The average Bonchev–Trinajstić information content (AvgIpc) is 3.04. The highest BCUT2D eigenvalue weighted by Crippen LogP contribution is 2.24. The Kier molecular flexibility index (Phi) is 5.65. The molecule has 2 aromatic carbocycles. The van der Waals surface area contributed by atoms with Crippen LogP contribution in [0.1, 0.15) is 29.7 Å². The number of benzene rings is 2. The number of ether oxygens (including phenoxy) is 1. The third-order valence-corrected chi connectivity index (χ3v) is 5.51. The minimum atomic E-state index is 0.183. The number of para-hydroxylation sites is 1. The van der Waals surface area contributed by atoms with Gasteiger partial charge in [-0.25, -0.2) is 0 Å². The van der Waals surface area contributed by atoms with Crippen LogP contribution in [0.3, 0.4) is 0 Å². The van der Waals surface area contributed by atoms with Gasteiger partial charge in [0.2, 0.25) is 5.91 Å². The molecule has 0 radical (unpaired) electrons. The second-order valence-electron chi connectivity index (χ2n) is 7.59. The largest absolute Gasteiger partial charge is 0.496 e. The van der Waals surface area contributed by atoms with Gasteiger partial charge in [0.1, 0.15) is 5.75 Å². The molecule has 5 heteroatoms. The Hall–Kier alpha value is -3.08. The Morgan fingerprint density at radius 1 is 1.10 bits per heavy atom. The third kappa shape index (κ3) is 4.34. The van der Waals surface area contributed by atoms with Crippen LogP contribution in [0.15, 0.2) is 54.6 Å². The summed E-state index contributed by atoms with van der Waals surface area (Å²) in [6, 6.07) is 18.4. The molecule has 3 aromatic rings. The second kappa shape index (κ2) is 8.52. The molecule has 0 saturated heterocycles. The van der Waals surface area contributed by atoms with Crippen LogP contribution >= 0.6 is 0 Å². The van der Waals surface area contributed by atoms with Gasteiger partial charge in [0.05, 0.1) is 25.0 Å². The normalized spacial score (nSPS) is 13.7. The molecule has 29 heavy (non-hydrogen) atoms. The van der Waals surface area contributed by atoms with E-state index in [0.717, 1.165) is 47.8 Å².